The van der Waals surface area contributed by atoms with E-state index in [0.29, 0.717) is 19.1 Å². The molecule has 1 aliphatic heterocycles. The van der Waals surface area contributed by atoms with Crippen molar-refractivity contribution in [1.82, 2.24) is 4.90 Å². The van der Waals surface area contributed by atoms with Crippen LogP contribution in [0.4, 0.5) is 5.69 Å². The maximum Gasteiger partial charge on any atom is 0.304 e. The van der Waals surface area contributed by atoms with Crippen molar-refractivity contribution in [2.75, 3.05) is 24.5 Å². The van der Waals surface area contributed by atoms with Crippen molar-refractivity contribution in [2.45, 2.75) is 31.7 Å². The van der Waals surface area contributed by atoms with E-state index in [1.807, 2.05) is 28.0 Å². The first-order valence-electron chi connectivity index (χ1n) is 7.49. The molecular formula is C16H20N2O3. The van der Waals surface area contributed by atoms with Crippen molar-refractivity contribution in [3.63, 3.8) is 0 Å². The van der Waals surface area contributed by atoms with Gasteiger partial charge >= 0.3 is 5.97 Å². The number of amides is 1. The highest BCUT2D eigenvalue weighted by atomic mass is 16.4. The molecule has 21 heavy (non-hydrogen) atoms. The fourth-order valence-electron chi connectivity index (χ4n) is 2.93. The topological polar surface area (TPSA) is 60.9 Å². The zero-order valence-electron chi connectivity index (χ0n) is 12.0. The molecule has 1 aromatic rings. The maximum absolute atomic E-state index is 12.5. The van der Waals surface area contributed by atoms with Crippen LogP contribution in [0.1, 0.15) is 24.8 Å². The van der Waals surface area contributed by atoms with Gasteiger partial charge in [-0.05, 0) is 30.9 Å². The van der Waals surface area contributed by atoms with Gasteiger partial charge in [-0.1, -0.05) is 18.2 Å². The molecule has 1 amide bonds. The summed E-state index contributed by atoms with van der Waals surface area (Å²) in [5.74, 6) is -0.725. The molecule has 1 aliphatic carbocycles. The monoisotopic (exact) mass is 288 g/mol. The molecular weight excluding hydrogens is 268 g/mol. The van der Waals surface area contributed by atoms with Gasteiger partial charge in [-0.25, -0.2) is 0 Å². The van der Waals surface area contributed by atoms with Gasteiger partial charge in [0.15, 0.2) is 0 Å². The summed E-state index contributed by atoms with van der Waals surface area (Å²) in [6, 6.07) is 8.39. The van der Waals surface area contributed by atoms with Gasteiger partial charge in [-0.2, -0.15) is 0 Å². The van der Waals surface area contributed by atoms with E-state index < -0.39 is 5.97 Å². The third kappa shape index (κ3) is 3.24. The molecule has 112 valence electrons. The molecule has 1 aromatic carbocycles. The number of carbonyl (C=O) groups is 2. The van der Waals surface area contributed by atoms with Crippen molar-refractivity contribution >= 4 is 17.6 Å². The molecule has 0 atom stereocenters. The van der Waals surface area contributed by atoms with Gasteiger partial charge in [0.25, 0.3) is 0 Å². The third-order valence-electron chi connectivity index (χ3n) is 4.20. The summed E-state index contributed by atoms with van der Waals surface area (Å²) >= 11 is 0. The quantitative estimate of drug-likeness (QED) is 0.862. The molecule has 1 fully saturated rings. The van der Waals surface area contributed by atoms with Crippen LogP contribution in [0, 0.1) is 0 Å². The van der Waals surface area contributed by atoms with Crippen LogP contribution in [0.5, 0.6) is 0 Å². The lowest BCUT2D eigenvalue weighted by atomic mass is 10.2. The Balaban J connectivity index is 1.64. The Labute approximate surface area is 124 Å². The number of carboxylic acids is 1. The molecule has 3 rings (SSSR count). The summed E-state index contributed by atoms with van der Waals surface area (Å²) < 4.78 is 0. The second kappa shape index (κ2) is 5.85. The Kier molecular flexibility index (Phi) is 3.92. The zero-order chi connectivity index (χ0) is 14.8. The van der Waals surface area contributed by atoms with Gasteiger partial charge < -0.3 is 10.0 Å². The lowest BCUT2D eigenvalue weighted by Gasteiger charge is -2.24. The Hall–Kier alpha value is -1.88. The molecule has 1 N–H and O–H groups in total. The number of carbonyl (C=O) groups excluding carboxylic acids is 1. The van der Waals surface area contributed by atoms with Crippen molar-refractivity contribution in [3.05, 3.63) is 29.8 Å². The van der Waals surface area contributed by atoms with E-state index in [1.54, 1.807) is 0 Å². The summed E-state index contributed by atoms with van der Waals surface area (Å²) in [7, 11) is 0. The lowest BCUT2D eigenvalue weighted by Crippen LogP contribution is -2.41. The summed E-state index contributed by atoms with van der Waals surface area (Å²) in [5.41, 5.74) is 2.23. The van der Waals surface area contributed by atoms with E-state index in [4.69, 9.17) is 5.11 Å². The molecule has 1 heterocycles. The van der Waals surface area contributed by atoms with Crippen molar-refractivity contribution in [1.29, 1.82) is 0 Å². The first-order valence-corrected chi connectivity index (χ1v) is 7.49. The molecule has 0 unspecified atom stereocenters. The Bertz CT molecular complexity index is 554. The molecule has 0 bridgehead atoms. The Morgan fingerprint density at radius 3 is 2.76 bits per heavy atom. The van der Waals surface area contributed by atoms with Gasteiger partial charge in [-0.3, -0.25) is 14.5 Å². The van der Waals surface area contributed by atoms with Gasteiger partial charge in [0.05, 0.1) is 13.0 Å². The average molecular weight is 288 g/mol. The number of carboxylic acid groups (broad SMARTS) is 1. The highest BCUT2D eigenvalue weighted by Gasteiger charge is 2.33. The van der Waals surface area contributed by atoms with Crippen LogP contribution < -0.4 is 4.90 Å². The van der Waals surface area contributed by atoms with E-state index >= 15 is 0 Å². The van der Waals surface area contributed by atoms with Crippen LogP contribution in [-0.4, -0.2) is 47.6 Å². The summed E-state index contributed by atoms with van der Waals surface area (Å²) in [4.78, 5) is 27.1. The van der Waals surface area contributed by atoms with E-state index in [0.717, 1.165) is 31.5 Å². The van der Waals surface area contributed by atoms with Crippen LogP contribution in [0.2, 0.25) is 0 Å². The highest BCUT2D eigenvalue weighted by molar-refractivity contribution is 5.96. The first-order chi connectivity index (χ1) is 10.1. The van der Waals surface area contributed by atoms with Crippen LogP contribution in [0.3, 0.4) is 0 Å². The number of rotatable bonds is 6. The number of aliphatic carboxylic acids is 1. The minimum Gasteiger partial charge on any atom is -0.481 e. The van der Waals surface area contributed by atoms with Crippen molar-refractivity contribution in [3.8, 4) is 0 Å². The van der Waals surface area contributed by atoms with E-state index in [-0.39, 0.29) is 12.3 Å². The predicted octanol–water partition coefficient (Wildman–Crippen LogP) is 1.51. The molecule has 5 heteroatoms. The highest BCUT2D eigenvalue weighted by Crippen LogP contribution is 2.30. The molecule has 0 radical (unpaired) electrons. The molecule has 0 aromatic heterocycles. The number of nitrogens with zero attached hydrogens (tertiary/aromatic N) is 2. The van der Waals surface area contributed by atoms with E-state index in [9.17, 15) is 9.59 Å². The fraction of sp³-hybridized carbons (Fsp3) is 0.500. The SMILES string of the molecule is O=C(O)CCN(CC(=O)N1CCc2ccccc21)C1CC1. The first kappa shape index (κ1) is 14.1. The summed E-state index contributed by atoms with van der Waals surface area (Å²) in [6.07, 6.45) is 3.15. The smallest absolute Gasteiger partial charge is 0.304 e. The number of fused-ring (bicyclic) bond motifs is 1. The van der Waals surface area contributed by atoms with Crippen LogP contribution in [0.15, 0.2) is 24.3 Å². The molecule has 5 nitrogen and oxygen atoms in total. The van der Waals surface area contributed by atoms with Gasteiger partial charge in [-0.15, -0.1) is 0 Å². The van der Waals surface area contributed by atoms with Crippen molar-refractivity contribution < 1.29 is 14.7 Å². The van der Waals surface area contributed by atoms with E-state index in [1.165, 1.54) is 5.56 Å². The second-order valence-corrected chi connectivity index (χ2v) is 5.77. The normalized spacial score (nSPS) is 17.1. The number of para-hydroxylation sites is 1. The number of benzene rings is 1. The van der Waals surface area contributed by atoms with Gasteiger partial charge in [0.2, 0.25) is 5.91 Å². The third-order valence-corrected chi connectivity index (χ3v) is 4.20. The zero-order valence-corrected chi connectivity index (χ0v) is 12.0. The number of hydrogen-bond acceptors (Lipinski definition) is 3. The number of hydrogen-bond donors (Lipinski definition) is 1. The summed E-state index contributed by atoms with van der Waals surface area (Å²) in [5, 5.41) is 8.82. The molecule has 2 aliphatic rings. The van der Waals surface area contributed by atoms with E-state index in [2.05, 4.69) is 6.07 Å². The molecule has 0 saturated heterocycles. The van der Waals surface area contributed by atoms with Gasteiger partial charge in [0.1, 0.15) is 0 Å². The van der Waals surface area contributed by atoms with Crippen LogP contribution in [0.25, 0.3) is 0 Å². The molecule has 0 spiro atoms. The number of anilines is 1. The Morgan fingerprint density at radius 1 is 1.29 bits per heavy atom. The Morgan fingerprint density at radius 2 is 2.05 bits per heavy atom. The predicted molar refractivity (Wildman–Crippen MR) is 79.3 cm³/mol. The average Bonchev–Trinajstić information content (AvgIpc) is 3.22. The minimum absolute atomic E-state index is 0.0808. The largest absolute Gasteiger partial charge is 0.481 e. The van der Waals surface area contributed by atoms with Crippen LogP contribution in [-0.2, 0) is 16.0 Å². The van der Waals surface area contributed by atoms with Crippen LogP contribution >= 0.6 is 0 Å². The summed E-state index contributed by atoms with van der Waals surface area (Å²) in [6.45, 7) is 1.52. The van der Waals surface area contributed by atoms with Gasteiger partial charge in [0, 0.05) is 24.8 Å². The minimum atomic E-state index is -0.806. The lowest BCUT2D eigenvalue weighted by molar-refractivity contribution is -0.137. The fourth-order valence-corrected chi connectivity index (χ4v) is 2.93. The molecule has 1 saturated carbocycles. The maximum atomic E-state index is 12.5. The second-order valence-electron chi connectivity index (χ2n) is 5.77. The standard InChI is InChI=1S/C16H20N2O3/c19-15(11-17(13-5-6-13)9-8-16(20)21)18-10-7-12-3-1-2-4-14(12)18/h1-4,13H,5-11H2,(H,20,21). The van der Waals surface area contributed by atoms with Crippen molar-refractivity contribution in [2.24, 2.45) is 0 Å².